The van der Waals surface area contributed by atoms with E-state index in [0.29, 0.717) is 29.9 Å². The Morgan fingerprint density at radius 2 is 1.61 bits per heavy atom. The molecule has 2 heterocycles. The van der Waals surface area contributed by atoms with Crippen molar-refractivity contribution >= 4 is 52.4 Å². The second-order valence-electron chi connectivity index (χ2n) is 11.5. The molecule has 4 atom stereocenters. The third kappa shape index (κ3) is 9.40. The van der Waals surface area contributed by atoms with E-state index in [1.165, 1.54) is 44.9 Å². The van der Waals surface area contributed by atoms with E-state index >= 15 is 0 Å². The third-order valence-corrected chi connectivity index (χ3v) is 8.92. The molecule has 9 heteroatoms. The molecule has 0 amide bonds. The maximum absolute atomic E-state index is 8.85. The first-order chi connectivity index (χ1) is 15.8. The highest BCUT2D eigenvalue weighted by Crippen LogP contribution is 2.30. The molecule has 1 aliphatic carbocycles. The SMILES string of the molecule is CCC(C)CN1C(=N)N(CCCC[C@H]2CNC(=N)N2CC2CCC(C)CC2)C[C@@H]1C(C)CC.S.S.S. The average Bonchev–Trinajstić information content (AvgIpc) is 3.31. The van der Waals surface area contributed by atoms with Crippen LogP contribution in [0, 0.1) is 34.5 Å². The second-order valence-corrected chi connectivity index (χ2v) is 11.5. The molecular weight excluding hydrogens is 505 g/mol. The van der Waals surface area contributed by atoms with Gasteiger partial charge in [0.05, 0.1) is 6.04 Å². The summed E-state index contributed by atoms with van der Waals surface area (Å²) in [5, 5.41) is 20.6. The van der Waals surface area contributed by atoms with Gasteiger partial charge in [0.2, 0.25) is 0 Å². The number of hydrogen-bond acceptors (Lipinski definition) is 2. The zero-order valence-corrected chi connectivity index (χ0v) is 26.7. The summed E-state index contributed by atoms with van der Waals surface area (Å²) < 4.78 is 0. The third-order valence-electron chi connectivity index (χ3n) is 8.92. The normalized spacial score (nSPS) is 27.6. The summed E-state index contributed by atoms with van der Waals surface area (Å²) in [6.07, 6.45) is 11.2. The first kappa shape index (κ1) is 35.6. The number of nitrogens with one attached hydrogen (secondary N) is 3. The van der Waals surface area contributed by atoms with Gasteiger partial charge in [-0.1, -0.05) is 60.3 Å². The molecule has 0 spiro atoms. The minimum atomic E-state index is 0. The van der Waals surface area contributed by atoms with E-state index in [1.807, 2.05) is 0 Å². The minimum absolute atomic E-state index is 0. The van der Waals surface area contributed by atoms with Crippen LogP contribution in [0.25, 0.3) is 0 Å². The quantitative estimate of drug-likeness (QED) is 0.273. The van der Waals surface area contributed by atoms with Crippen LogP contribution in [-0.2, 0) is 0 Å². The molecule has 6 nitrogen and oxygen atoms in total. The Morgan fingerprint density at radius 1 is 0.944 bits per heavy atom. The fraction of sp³-hybridized carbons (Fsp3) is 0.926. The molecular formula is C27H58N6S3. The molecule has 2 aliphatic heterocycles. The van der Waals surface area contributed by atoms with Crippen molar-refractivity contribution < 1.29 is 0 Å². The van der Waals surface area contributed by atoms with Crippen LogP contribution in [0.5, 0.6) is 0 Å². The predicted octanol–water partition coefficient (Wildman–Crippen LogP) is 5.54. The molecule has 0 aromatic carbocycles. The number of unbranched alkanes of at least 4 members (excludes halogenated alkanes) is 1. The fourth-order valence-electron chi connectivity index (χ4n) is 5.97. The highest BCUT2D eigenvalue weighted by atomic mass is 32.1. The van der Waals surface area contributed by atoms with Crippen LogP contribution in [0.1, 0.15) is 92.4 Å². The van der Waals surface area contributed by atoms with Gasteiger partial charge in [-0.05, 0) is 55.8 Å². The lowest BCUT2D eigenvalue weighted by Gasteiger charge is -2.33. The fourth-order valence-corrected chi connectivity index (χ4v) is 5.97. The van der Waals surface area contributed by atoms with Crippen LogP contribution in [0.15, 0.2) is 0 Å². The van der Waals surface area contributed by atoms with Gasteiger partial charge in [0.1, 0.15) is 0 Å². The lowest BCUT2D eigenvalue weighted by molar-refractivity contribution is 0.213. The lowest BCUT2D eigenvalue weighted by atomic mass is 9.82. The zero-order chi connectivity index (χ0) is 24.0. The molecule has 0 bridgehead atoms. The minimum Gasteiger partial charge on any atom is -0.354 e. The molecule has 3 N–H and O–H groups in total. The summed E-state index contributed by atoms with van der Waals surface area (Å²) >= 11 is 0. The van der Waals surface area contributed by atoms with E-state index in [-0.39, 0.29) is 40.5 Å². The van der Waals surface area contributed by atoms with Crippen LogP contribution in [0.4, 0.5) is 0 Å². The van der Waals surface area contributed by atoms with Gasteiger partial charge in [-0.3, -0.25) is 10.8 Å². The van der Waals surface area contributed by atoms with Gasteiger partial charge in [-0.15, -0.1) is 0 Å². The summed E-state index contributed by atoms with van der Waals surface area (Å²) in [6, 6.07) is 0.967. The van der Waals surface area contributed by atoms with E-state index in [2.05, 4.69) is 54.6 Å². The van der Waals surface area contributed by atoms with Crippen molar-refractivity contribution in [3.63, 3.8) is 0 Å². The highest BCUT2D eigenvalue weighted by molar-refractivity contribution is 7.59. The standard InChI is InChI=1S/C27H52N6.3H2S/c1-6-20(3)17-33-25(22(5)7-2)19-31(27(33)29)15-9-8-10-24-16-30-26(28)32(24)18-23-13-11-21(4)12-14-23;;;/h20-25,29H,6-19H2,1-5H3,(H2,28,30);3*1H2/t20?,21?,22?,23?,24-,25+;;;/m0.../s1. The van der Waals surface area contributed by atoms with Gasteiger partial charge in [0.25, 0.3) is 0 Å². The van der Waals surface area contributed by atoms with Crippen LogP contribution in [0.2, 0.25) is 0 Å². The summed E-state index contributed by atoms with van der Waals surface area (Å²) in [5.74, 6) is 4.34. The predicted molar refractivity (Wildman–Crippen MR) is 171 cm³/mol. The first-order valence-corrected chi connectivity index (χ1v) is 14.0. The molecule has 0 aromatic heterocycles. The van der Waals surface area contributed by atoms with Crippen molar-refractivity contribution in [2.24, 2.45) is 23.7 Å². The monoisotopic (exact) mass is 562 g/mol. The number of nitrogens with zero attached hydrogens (tertiary/aromatic N) is 3. The van der Waals surface area contributed by atoms with Crippen molar-refractivity contribution in [3.8, 4) is 0 Å². The van der Waals surface area contributed by atoms with Gasteiger partial charge in [-0.25, -0.2) is 0 Å². The molecule has 36 heavy (non-hydrogen) atoms. The maximum Gasteiger partial charge on any atom is 0.194 e. The molecule has 0 radical (unpaired) electrons. The molecule has 1 saturated carbocycles. The van der Waals surface area contributed by atoms with E-state index in [9.17, 15) is 0 Å². The van der Waals surface area contributed by atoms with Crippen LogP contribution < -0.4 is 5.32 Å². The van der Waals surface area contributed by atoms with E-state index in [4.69, 9.17) is 10.8 Å². The molecule has 3 fully saturated rings. The Balaban J connectivity index is 0.00000408. The Morgan fingerprint density at radius 3 is 2.22 bits per heavy atom. The molecule has 3 aliphatic rings. The summed E-state index contributed by atoms with van der Waals surface area (Å²) in [4.78, 5) is 7.11. The Bertz CT molecular complexity index is 643. The van der Waals surface area contributed by atoms with Gasteiger partial charge < -0.3 is 20.0 Å². The highest BCUT2D eigenvalue weighted by Gasteiger charge is 2.37. The smallest absolute Gasteiger partial charge is 0.194 e. The number of hydrogen-bond donors (Lipinski definition) is 3. The Hall–Kier alpha value is -0.410. The van der Waals surface area contributed by atoms with Crippen LogP contribution >= 0.6 is 40.5 Å². The summed E-state index contributed by atoms with van der Waals surface area (Å²) in [7, 11) is 0. The maximum atomic E-state index is 8.85. The van der Waals surface area contributed by atoms with Crippen molar-refractivity contribution in [2.75, 3.05) is 32.7 Å². The van der Waals surface area contributed by atoms with Gasteiger partial charge in [0.15, 0.2) is 11.9 Å². The lowest BCUT2D eigenvalue weighted by Crippen LogP contribution is -2.41. The first-order valence-electron chi connectivity index (χ1n) is 14.0. The van der Waals surface area contributed by atoms with Crippen molar-refractivity contribution in [1.82, 2.24) is 20.0 Å². The zero-order valence-electron chi connectivity index (χ0n) is 23.7. The molecule has 2 unspecified atom stereocenters. The molecule has 0 aromatic rings. The van der Waals surface area contributed by atoms with Gasteiger partial charge >= 0.3 is 0 Å². The summed E-state index contributed by atoms with van der Waals surface area (Å²) in [5.41, 5.74) is 0. The Kier molecular flexibility index (Phi) is 17.0. The van der Waals surface area contributed by atoms with E-state index < -0.39 is 0 Å². The average molecular weight is 563 g/mol. The van der Waals surface area contributed by atoms with Gasteiger partial charge in [0, 0.05) is 38.8 Å². The number of rotatable bonds is 12. The topological polar surface area (TPSA) is 69.5 Å². The van der Waals surface area contributed by atoms with Crippen LogP contribution in [0.3, 0.4) is 0 Å². The van der Waals surface area contributed by atoms with E-state index in [0.717, 1.165) is 63.4 Å². The molecule has 3 rings (SSSR count). The molecule has 214 valence electrons. The second kappa shape index (κ2) is 17.2. The Labute approximate surface area is 243 Å². The molecule has 2 saturated heterocycles. The van der Waals surface area contributed by atoms with Gasteiger partial charge in [-0.2, -0.15) is 40.5 Å². The van der Waals surface area contributed by atoms with Crippen molar-refractivity contribution in [2.45, 2.75) is 104 Å². The van der Waals surface area contributed by atoms with Crippen molar-refractivity contribution in [3.05, 3.63) is 0 Å². The van der Waals surface area contributed by atoms with E-state index in [1.54, 1.807) is 0 Å². The van der Waals surface area contributed by atoms with Crippen molar-refractivity contribution in [1.29, 1.82) is 10.8 Å². The summed E-state index contributed by atoms with van der Waals surface area (Å²) in [6.45, 7) is 16.6. The number of guanidine groups is 2. The largest absolute Gasteiger partial charge is 0.354 e. The van der Waals surface area contributed by atoms with Crippen LogP contribution in [-0.4, -0.2) is 71.4 Å².